The van der Waals surface area contributed by atoms with Crippen LogP contribution in [0.4, 0.5) is 0 Å². The van der Waals surface area contributed by atoms with Crippen LogP contribution in [-0.2, 0) is 6.42 Å². The zero-order chi connectivity index (χ0) is 11.1. The van der Waals surface area contributed by atoms with E-state index in [0.29, 0.717) is 25.3 Å². The number of aliphatic hydroxyl groups excluding tert-OH is 2. The van der Waals surface area contributed by atoms with E-state index in [1.807, 2.05) is 6.92 Å². The fourth-order valence-corrected chi connectivity index (χ4v) is 1.05. The third kappa shape index (κ3) is 3.94. The Bertz CT molecular complexity index is 260. The van der Waals surface area contributed by atoms with Crippen molar-refractivity contribution >= 4 is 0 Å². The molecular weight excluding hydrogens is 198 g/mol. The van der Waals surface area contributed by atoms with E-state index in [-0.39, 0.29) is 13.2 Å². The molecule has 86 valence electrons. The maximum Gasteiger partial charge on any atom is 0.213 e. The normalized spacial score (nSPS) is 11.9. The van der Waals surface area contributed by atoms with Crippen molar-refractivity contribution in [3.8, 4) is 0 Å². The molecule has 0 aliphatic carbocycles. The number of aliphatic hydroxyl groups is 2. The topological polar surface area (TPSA) is 91.4 Å². The standard InChI is InChI=1S/C9H17N3O3/c1-9(5-13,6-14)4-10-3-2-8-11-7-15-12-8/h7,10,13-14H,2-6H2,1H3. The van der Waals surface area contributed by atoms with Crippen molar-refractivity contribution in [2.75, 3.05) is 26.3 Å². The maximum absolute atomic E-state index is 9.03. The summed E-state index contributed by atoms with van der Waals surface area (Å²) < 4.78 is 4.59. The Hall–Kier alpha value is -0.980. The first-order chi connectivity index (χ1) is 7.20. The van der Waals surface area contributed by atoms with Crippen molar-refractivity contribution in [1.29, 1.82) is 0 Å². The lowest BCUT2D eigenvalue weighted by Gasteiger charge is -2.24. The van der Waals surface area contributed by atoms with E-state index < -0.39 is 5.41 Å². The number of nitrogens with one attached hydrogen (secondary N) is 1. The first-order valence-electron chi connectivity index (χ1n) is 4.88. The minimum atomic E-state index is -0.475. The molecule has 0 saturated heterocycles. The molecule has 0 radical (unpaired) electrons. The Labute approximate surface area is 88.3 Å². The van der Waals surface area contributed by atoms with E-state index in [0.717, 1.165) is 0 Å². The van der Waals surface area contributed by atoms with Crippen molar-refractivity contribution in [3.05, 3.63) is 12.2 Å². The first-order valence-corrected chi connectivity index (χ1v) is 4.88. The number of aromatic nitrogens is 2. The summed E-state index contributed by atoms with van der Waals surface area (Å²) >= 11 is 0. The Morgan fingerprint density at radius 2 is 2.20 bits per heavy atom. The van der Waals surface area contributed by atoms with Crippen molar-refractivity contribution < 1.29 is 14.7 Å². The summed E-state index contributed by atoms with van der Waals surface area (Å²) in [6.07, 6.45) is 1.96. The number of nitrogens with zero attached hydrogens (tertiary/aromatic N) is 2. The number of hydrogen-bond donors (Lipinski definition) is 3. The fourth-order valence-electron chi connectivity index (χ4n) is 1.05. The number of hydrogen-bond acceptors (Lipinski definition) is 6. The molecule has 0 amide bonds. The average Bonchev–Trinajstić information content (AvgIpc) is 2.77. The molecule has 0 unspecified atom stereocenters. The minimum Gasteiger partial charge on any atom is -0.396 e. The summed E-state index contributed by atoms with van der Waals surface area (Å²) in [5, 5.41) is 24.8. The quantitative estimate of drug-likeness (QED) is 0.515. The second kappa shape index (κ2) is 5.79. The highest BCUT2D eigenvalue weighted by atomic mass is 16.5. The van der Waals surface area contributed by atoms with Crippen molar-refractivity contribution in [2.45, 2.75) is 13.3 Å². The van der Waals surface area contributed by atoms with Gasteiger partial charge in [-0.15, -0.1) is 0 Å². The van der Waals surface area contributed by atoms with Gasteiger partial charge in [-0.1, -0.05) is 12.1 Å². The van der Waals surface area contributed by atoms with Gasteiger partial charge in [0.2, 0.25) is 6.39 Å². The van der Waals surface area contributed by atoms with Gasteiger partial charge in [0.1, 0.15) is 0 Å². The maximum atomic E-state index is 9.03. The second-order valence-electron chi connectivity index (χ2n) is 3.90. The molecule has 1 aromatic rings. The molecule has 1 rings (SSSR count). The zero-order valence-corrected chi connectivity index (χ0v) is 8.81. The predicted molar refractivity (Wildman–Crippen MR) is 53.2 cm³/mol. The first kappa shape index (κ1) is 12.1. The highest BCUT2D eigenvalue weighted by Crippen LogP contribution is 2.11. The van der Waals surface area contributed by atoms with Crippen LogP contribution in [0.3, 0.4) is 0 Å². The molecule has 0 saturated carbocycles. The van der Waals surface area contributed by atoms with Gasteiger partial charge in [-0.2, -0.15) is 4.98 Å². The van der Waals surface area contributed by atoms with Crippen LogP contribution in [0.1, 0.15) is 12.7 Å². The van der Waals surface area contributed by atoms with Crippen LogP contribution >= 0.6 is 0 Å². The molecule has 0 spiro atoms. The molecular formula is C9H17N3O3. The largest absolute Gasteiger partial charge is 0.396 e. The molecule has 3 N–H and O–H groups in total. The predicted octanol–water partition coefficient (Wildman–Crippen LogP) is -0.807. The fraction of sp³-hybridized carbons (Fsp3) is 0.778. The molecule has 6 nitrogen and oxygen atoms in total. The van der Waals surface area contributed by atoms with Gasteiger partial charge in [-0.25, -0.2) is 0 Å². The van der Waals surface area contributed by atoms with Crippen LogP contribution in [0.25, 0.3) is 0 Å². The minimum absolute atomic E-state index is 0.0429. The van der Waals surface area contributed by atoms with E-state index >= 15 is 0 Å². The second-order valence-corrected chi connectivity index (χ2v) is 3.90. The van der Waals surface area contributed by atoms with Gasteiger partial charge >= 0.3 is 0 Å². The molecule has 0 aliphatic rings. The van der Waals surface area contributed by atoms with Gasteiger partial charge in [0.25, 0.3) is 0 Å². The van der Waals surface area contributed by atoms with Crippen LogP contribution in [0, 0.1) is 5.41 Å². The molecule has 6 heteroatoms. The summed E-state index contributed by atoms with van der Waals surface area (Å²) in [6, 6.07) is 0. The van der Waals surface area contributed by atoms with Gasteiger partial charge in [-0.05, 0) is 0 Å². The van der Waals surface area contributed by atoms with Gasteiger partial charge in [0, 0.05) is 24.9 Å². The van der Waals surface area contributed by atoms with Gasteiger partial charge in [0.05, 0.1) is 13.2 Å². The summed E-state index contributed by atoms with van der Waals surface area (Å²) in [7, 11) is 0. The summed E-state index contributed by atoms with van der Waals surface area (Å²) in [5.74, 6) is 0.650. The van der Waals surface area contributed by atoms with E-state index in [9.17, 15) is 0 Å². The third-order valence-corrected chi connectivity index (χ3v) is 2.25. The summed E-state index contributed by atoms with van der Waals surface area (Å²) in [5.41, 5.74) is -0.475. The highest BCUT2D eigenvalue weighted by molar-refractivity contribution is 4.80. The Balaban J connectivity index is 2.16. The van der Waals surface area contributed by atoms with E-state index in [4.69, 9.17) is 10.2 Å². The molecule has 0 fully saturated rings. The van der Waals surface area contributed by atoms with E-state index in [2.05, 4.69) is 20.0 Å². The number of rotatable bonds is 7. The van der Waals surface area contributed by atoms with E-state index in [1.165, 1.54) is 6.39 Å². The van der Waals surface area contributed by atoms with Crippen LogP contribution in [0.15, 0.2) is 10.9 Å². The summed E-state index contributed by atoms with van der Waals surface area (Å²) in [4.78, 5) is 3.87. The molecule has 0 atom stereocenters. The monoisotopic (exact) mass is 215 g/mol. The average molecular weight is 215 g/mol. The smallest absolute Gasteiger partial charge is 0.213 e. The SMILES string of the molecule is CC(CO)(CO)CNCCc1ncon1. The molecule has 15 heavy (non-hydrogen) atoms. The Morgan fingerprint density at radius 1 is 1.47 bits per heavy atom. The lowest BCUT2D eigenvalue weighted by molar-refractivity contribution is 0.0700. The van der Waals surface area contributed by atoms with E-state index in [1.54, 1.807) is 0 Å². The lowest BCUT2D eigenvalue weighted by Crippen LogP contribution is -2.38. The lowest BCUT2D eigenvalue weighted by atomic mass is 9.93. The van der Waals surface area contributed by atoms with Gasteiger partial charge in [0.15, 0.2) is 5.82 Å². The Kier molecular flexibility index (Phi) is 4.67. The Morgan fingerprint density at radius 3 is 2.73 bits per heavy atom. The van der Waals surface area contributed by atoms with Crippen LogP contribution < -0.4 is 5.32 Å². The molecule has 0 aliphatic heterocycles. The van der Waals surface area contributed by atoms with Crippen molar-refractivity contribution in [2.24, 2.45) is 5.41 Å². The van der Waals surface area contributed by atoms with Gasteiger partial charge < -0.3 is 20.1 Å². The van der Waals surface area contributed by atoms with Crippen LogP contribution in [0.5, 0.6) is 0 Å². The summed E-state index contributed by atoms with van der Waals surface area (Å²) in [6.45, 7) is 2.97. The zero-order valence-electron chi connectivity index (χ0n) is 8.81. The van der Waals surface area contributed by atoms with Gasteiger partial charge in [-0.3, -0.25) is 0 Å². The highest BCUT2D eigenvalue weighted by Gasteiger charge is 2.21. The van der Waals surface area contributed by atoms with Crippen LogP contribution in [0.2, 0.25) is 0 Å². The third-order valence-electron chi connectivity index (χ3n) is 2.25. The van der Waals surface area contributed by atoms with Crippen LogP contribution in [-0.4, -0.2) is 46.7 Å². The molecule has 0 bridgehead atoms. The van der Waals surface area contributed by atoms with Crippen molar-refractivity contribution in [3.63, 3.8) is 0 Å². The molecule has 0 aromatic carbocycles. The molecule has 1 heterocycles. The van der Waals surface area contributed by atoms with Crippen molar-refractivity contribution in [1.82, 2.24) is 15.5 Å². The molecule has 1 aromatic heterocycles.